The number of aromatic nitrogens is 3. The van der Waals surface area contributed by atoms with Crippen LogP contribution in [0.5, 0.6) is 0 Å². The molecule has 3 N–H and O–H groups in total. The Bertz CT molecular complexity index is 402. The lowest BCUT2D eigenvalue weighted by molar-refractivity contribution is 0.0937. The van der Waals surface area contributed by atoms with Crippen LogP contribution in [0.15, 0.2) is 6.20 Å². The van der Waals surface area contributed by atoms with E-state index in [2.05, 4.69) is 20.9 Å². The van der Waals surface area contributed by atoms with Crippen molar-refractivity contribution in [2.24, 2.45) is 0 Å². The van der Waals surface area contributed by atoms with Gasteiger partial charge in [0.1, 0.15) is 0 Å². The molecule has 1 aliphatic heterocycles. The highest BCUT2D eigenvalue weighted by molar-refractivity contribution is 5.91. The van der Waals surface area contributed by atoms with Crippen molar-refractivity contribution in [3.05, 3.63) is 11.9 Å². The molecule has 2 heterocycles. The molecule has 0 aliphatic carbocycles. The number of aliphatic hydroxyl groups is 1. The van der Waals surface area contributed by atoms with Gasteiger partial charge in [0.25, 0.3) is 5.91 Å². The number of aliphatic hydroxyl groups excluding tert-OH is 1. The number of nitrogens with zero attached hydrogens (tertiary/aromatic N) is 3. The van der Waals surface area contributed by atoms with Crippen molar-refractivity contribution in [2.75, 3.05) is 19.6 Å². The highest BCUT2D eigenvalue weighted by Gasteiger charge is 2.21. The minimum absolute atomic E-state index is 0.239. The number of rotatable bonds is 6. The number of carbonyl (C=O) groups excluding carboxylic acids is 1. The van der Waals surface area contributed by atoms with Gasteiger partial charge in [-0.3, -0.25) is 4.79 Å². The average Bonchev–Trinajstić information content (AvgIpc) is 2.75. The third-order valence-corrected chi connectivity index (χ3v) is 3.11. The quantitative estimate of drug-likeness (QED) is 0.624. The molecular formula is C11H19N5O2. The summed E-state index contributed by atoms with van der Waals surface area (Å²) >= 11 is 0. The van der Waals surface area contributed by atoms with Crippen molar-refractivity contribution in [2.45, 2.75) is 31.9 Å². The third kappa shape index (κ3) is 3.05. The molecule has 1 atom stereocenters. The first-order valence-electron chi connectivity index (χ1n) is 6.29. The van der Waals surface area contributed by atoms with Gasteiger partial charge in [-0.15, -0.1) is 5.10 Å². The molecule has 1 amide bonds. The van der Waals surface area contributed by atoms with Crippen LogP contribution in [-0.4, -0.2) is 51.7 Å². The summed E-state index contributed by atoms with van der Waals surface area (Å²) in [7, 11) is 0. The van der Waals surface area contributed by atoms with Gasteiger partial charge in [-0.2, -0.15) is 0 Å². The number of hydrogen-bond donors (Lipinski definition) is 3. The second-order valence-corrected chi connectivity index (χ2v) is 4.50. The van der Waals surface area contributed by atoms with E-state index in [-0.39, 0.29) is 12.0 Å². The van der Waals surface area contributed by atoms with Gasteiger partial charge in [-0.1, -0.05) is 12.1 Å². The van der Waals surface area contributed by atoms with Gasteiger partial charge in [0.2, 0.25) is 0 Å². The van der Waals surface area contributed by atoms with Crippen molar-refractivity contribution in [1.29, 1.82) is 0 Å². The lowest BCUT2D eigenvalue weighted by Crippen LogP contribution is -2.43. The minimum atomic E-state index is -0.359. The molecule has 0 saturated carbocycles. The maximum absolute atomic E-state index is 11.7. The van der Waals surface area contributed by atoms with Crippen molar-refractivity contribution in [1.82, 2.24) is 25.6 Å². The standard InChI is InChI=1S/C11H19N5O2/c1-2-9(17)3-4-13-11(18)10-7-16(15-14-10)8-5-12-6-8/h7-9,12,17H,2-6H2,1H3,(H,13,18). The summed E-state index contributed by atoms with van der Waals surface area (Å²) in [5.41, 5.74) is 0.327. The third-order valence-electron chi connectivity index (χ3n) is 3.11. The Hall–Kier alpha value is -1.47. The Morgan fingerprint density at radius 1 is 1.72 bits per heavy atom. The number of amides is 1. The highest BCUT2D eigenvalue weighted by atomic mass is 16.3. The van der Waals surface area contributed by atoms with Gasteiger partial charge in [-0.05, 0) is 12.8 Å². The molecular weight excluding hydrogens is 234 g/mol. The van der Waals surface area contributed by atoms with E-state index < -0.39 is 0 Å². The maximum atomic E-state index is 11.7. The van der Waals surface area contributed by atoms with E-state index in [0.717, 1.165) is 13.1 Å². The Morgan fingerprint density at radius 3 is 3.11 bits per heavy atom. The van der Waals surface area contributed by atoms with Gasteiger partial charge in [-0.25, -0.2) is 4.68 Å². The summed E-state index contributed by atoms with van der Waals surface area (Å²) in [6.07, 6.45) is 2.56. The summed E-state index contributed by atoms with van der Waals surface area (Å²) in [5, 5.41) is 23.0. The van der Waals surface area contributed by atoms with E-state index in [1.165, 1.54) is 0 Å². The van der Waals surface area contributed by atoms with Crippen LogP contribution in [0.3, 0.4) is 0 Å². The molecule has 0 radical (unpaired) electrons. The molecule has 1 fully saturated rings. The van der Waals surface area contributed by atoms with Crippen LogP contribution < -0.4 is 10.6 Å². The molecule has 7 heteroatoms. The second-order valence-electron chi connectivity index (χ2n) is 4.50. The van der Waals surface area contributed by atoms with E-state index in [4.69, 9.17) is 0 Å². The van der Waals surface area contributed by atoms with Crippen LogP contribution in [0.2, 0.25) is 0 Å². The first kappa shape index (κ1) is 13.0. The largest absolute Gasteiger partial charge is 0.393 e. The molecule has 18 heavy (non-hydrogen) atoms. The number of carbonyl (C=O) groups is 1. The van der Waals surface area contributed by atoms with E-state index in [9.17, 15) is 9.90 Å². The molecule has 1 unspecified atom stereocenters. The number of nitrogens with one attached hydrogen (secondary N) is 2. The van der Waals surface area contributed by atoms with Crippen LogP contribution >= 0.6 is 0 Å². The lowest BCUT2D eigenvalue weighted by Gasteiger charge is -2.26. The lowest BCUT2D eigenvalue weighted by atomic mass is 10.2. The molecule has 2 rings (SSSR count). The fourth-order valence-corrected chi connectivity index (χ4v) is 1.67. The molecule has 0 aromatic carbocycles. The molecule has 7 nitrogen and oxygen atoms in total. The Kier molecular flexibility index (Phi) is 4.27. The van der Waals surface area contributed by atoms with Gasteiger partial charge in [0.15, 0.2) is 5.69 Å². The first-order valence-corrected chi connectivity index (χ1v) is 6.29. The Labute approximate surface area is 106 Å². The zero-order valence-electron chi connectivity index (χ0n) is 10.5. The summed E-state index contributed by atoms with van der Waals surface area (Å²) in [6, 6.07) is 0.306. The summed E-state index contributed by atoms with van der Waals surface area (Å²) < 4.78 is 1.71. The Morgan fingerprint density at radius 2 is 2.50 bits per heavy atom. The number of hydrogen-bond acceptors (Lipinski definition) is 5. The first-order chi connectivity index (χ1) is 8.70. The Balaban J connectivity index is 1.79. The van der Waals surface area contributed by atoms with E-state index >= 15 is 0 Å². The van der Waals surface area contributed by atoms with E-state index in [0.29, 0.717) is 31.1 Å². The zero-order valence-corrected chi connectivity index (χ0v) is 10.5. The predicted octanol–water partition coefficient (Wildman–Crippen LogP) is -0.687. The van der Waals surface area contributed by atoms with Crippen LogP contribution in [0, 0.1) is 0 Å². The van der Waals surface area contributed by atoms with Crippen LogP contribution in [0.1, 0.15) is 36.3 Å². The van der Waals surface area contributed by atoms with E-state index in [1.807, 2.05) is 6.92 Å². The second kappa shape index (κ2) is 5.92. The van der Waals surface area contributed by atoms with Crippen molar-refractivity contribution >= 4 is 5.91 Å². The summed E-state index contributed by atoms with van der Waals surface area (Å²) in [4.78, 5) is 11.7. The summed E-state index contributed by atoms with van der Waals surface area (Å²) in [5.74, 6) is -0.239. The molecule has 1 aromatic rings. The molecule has 0 spiro atoms. The van der Waals surface area contributed by atoms with E-state index in [1.54, 1.807) is 10.9 Å². The SMILES string of the molecule is CCC(O)CCNC(=O)c1cn(C2CNC2)nn1. The van der Waals surface area contributed by atoms with Gasteiger partial charge < -0.3 is 15.7 Å². The van der Waals surface area contributed by atoms with Crippen molar-refractivity contribution < 1.29 is 9.90 Å². The fraction of sp³-hybridized carbons (Fsp3) is 0.727. The van der Waals surface area contributed by atoms with Crippen LogP contribution in [0.4, 0.5) is 0 Å². The van der Waals surface area contributed by atoms with Crippen molar-refractivity contribution in [3.63, 3.8) is 0 Å². The molecule has 1 aromatic heterocycles. The highest BCUT2D eigenvalue weighted by Crippen LogP contribution is 2.09. The topological polar surface area (TPSA) is 92.1 Å². The molecule has 1 saturated heterocycles. The summed E-state index contributed by atoms with van der Waals surface area (Å²) in [6.45, 7) is 4.09. The molecule has 100 valence electrons. The van der Waals surface area contributed by atoms with Gasteiger partial charge in [0.05, 0.1) is 18.3 Å². The molecule has 1 aliphatic rings. The van der Waals surface area contributed by atoms with Gasteiger partial charge >= 0.3 is 0 Å². The minimum Gasteiger partial charge on any atom is -0.393 e. The fourth-order valence-electron chi connectivity index (χ4n) is 1.67. The average molecular weight is 253 g/mol. The molecule has 0 bridgehead atoms. The monoisotopic (exact) mass is 253 g/mol. The van der Waals surface area contributed by atoms with Crippen molar-refractivity contribution in [3.8, 4) is 0 Å². The normalized spacial score (nSPS) is 17.2. The van der Waals surface area contributed by atoms with Gasteiger partial charge in [0, 0.05) is 19.6 Å². The maximum Gasteiger partial charge on any atom is 0.273 e. The smallest absolute Gasteiger partial charge is 0.273 e. The predicted molar refractivity (Wildman–Crippen MR) is 65.2 cm³/mol. The van der Waals surface area contributed by atoms with Crippen LogP contribution in [0.25, 0.3) is 0 Å². The van der Waals surface area contributed by atoms with Crippen LogP contribution in [-0.2, 0) is 0 Å². The zero-order chi connectivity index (χ0) is 13.0.